The van der Waals surface area contributed by atoms with Crippen molar-refractivity contribution in [2.45, 2.75) is 26.4 Å². The Labute approximate surface area is 112 Å². The predicted molar refractivity (Wildman–Crippen MR) is 72.0 cm³/mol. The number of carboxylic acid groups (broad SMARTS) is 1. The fourth-order valence-corrected chi connectivity index (χ4v) is 2.31. The fourth-order valence-electron chi connectivity index (χ4n) is 2.31. The summed E-state index contributed by atoms with van der Waals surface area (Å²) < 4.78 is 0. The number of carbonyl (C=O) groups excluding carboxylic acids is 1. The summed E-state index contributed by atoms with van der Waals surface area (Å²) in [5.41, 5.74) is 1.31. The first-order valence-corrected chi connectivity index (χ1v) is 6.37. The number of fused-ring (bicyclic) bond motifs is 1. The molecule has 1 aromatic rings. The first-order chi connectivity index (χ1) is 8.99. The van der Waals surface area contributed by atoms with Crippen molar-refractivity contribution in [1.82, 2.24) is 4.90 Å². The molecule has 1 unspecified atom stereocenters. The molecule has 1 aliphatic heterocycles. The number of hydrogen-bond donors (Lipinski definition) is 2. The SMILES string of the molecule is CC(C)CC1Nc2ccccc2C(=O)N1CC(=O)O. The molecule has 2 N–H and O–H groups in total. The van der Waals surface area contributed by atoms with Crippen molar-refractivity contribution in [2.75, 3.05) is 11.9 Å². The normalized spacial score (nSPS) is 18.2. The van der Waals surface area contributed by atoms with Crippen LogP contribution in [0.5, 0.6) is 0 Å². The van der Waals surface area contributed by atoms with Gasteiger partial charge in [0.15, 0.2) is 0 Å². The number of carboxylic acids is 1. The smallest absolute Gasteiger partial charge is 0.323 e. The lowest BCUT2D eigenvalue weighted by atomic mass is 10.0. The molecule has 1 aromatic carbocycles. The number of carbonyl (C=O) groups is 2. The van der Waals surface area contributed by atoms with Crippen molar-refractivity contribution >= 4 is 17.6 Å². The van der Waals surface area contributed by atoms with Gasteiger partial charge in [0.1, 0.15) is 12.7 Å². The van der Waals surface area contributed by atoms with E-state index in [-0.39, 0.29) is 18.6 Å². The summed E-state index contributed by atoms with van der Waals surface area (Å²) in [7, 11) is 0. The minimum Gasteiger partial charge on any atom is -0.480 e. The monoisotopic (exact) mass is 262 g/mol. The Morgan fingerprint density at radius 2 is 2.11 bits per heavy atom. The predicted octanol–water partition coefficient (Wildman–Crippen LogP) is 2.01. The van der Waals surface area contributed by atoms with E-state index < -0.39 is 5.97 Å². The molecule has 0 aliphatic carbocycles. The summed E-state index contributed by atoms with van der Waals surface area (Å²) in [5, 5.41) is 12.2. The van der Waals surface area contributed by atoms with Crippen LogP contribution in [0.3, 0.4) is 0 Å². The maximum absolute atomic E-state index is 12.4. The van der Waals surface area contributed by atoms with Crippen molar-refractivity contribution in [3.05, 3.63) is 29.8 Å². The summed E-state index contributed by atoms with van der Waals surface area (Å²) in [6.45, 7) is 3.81. The van der Waals surface area contributed by atoms with Crippen molar-refractivity contribution < 1.29 is 14.7 Å². The van der Waals surface area contributed by atoms with Crippen LogP contribution in [-0.2, 0) is 4.79 Å². The Hall–Kier alpha value is -2.04. The molecule has 1 heterocycles. The van der Waals surface area contributed by atoms with Gasteiger partial charge in [-0.05, 0) is 24.5 Å². The summed E-state index contributed by atoms with van der Waals surface area (Å²) >= 11 is 0. The third-order valence-corrected chi connectivity index (χ3v) is 3.12. The minimum atomic E-state index is -0.997. The highest BCUT2D eigenvalue weighted by atomic mass is 16.4. The van der Waals surface area contributed by atoms with Crippen LogP contribution in [0, 0.1) is 5.92 Å². The lowest BCUT2D eigenvalue weighted by Crippen LogP contribution is -2.51. The van der Waals surface area contributed by atoms with Crippen LogP contribution < -0.4 is 5.32 Å². The van der Waals surface area contributed by atoms with Crippen LogP contribution in [0.1, 0.15) is 30.6 Å². The number of benzene rings is 1. The average Bonchev–Trinajstić information content (AvgIpc) is 2.33. The van der Waals surface area contributed by atoms with Crippen molar-refractivity contribution in [3.63, 3.8) is 0 Å². The van der Waals surface area contributed by atoms with Gasteiger partial charge < -0.3 is 15.3 Å². The zero-order chi connectivity index (χ0) is 14.0. The van der Waals surface area contributed by atoms with E-state index in [1.807, 2.05) is 26.0 Å². The second kappa shape index (κ2) is 5.30. The van der Waals surface area contributed by atoms with E-state index >= 15 is 0 Å². The molecule has 0 spiro atoms. The number of hydrogen-bond acceptors (Lipinski definition) is 3. The van der Waals surface area contributed by atoms with Crippen molar-refractivity contribution in [1.29, 1.82) is 0 Å². The third kappa shape index (κ3) is 2.86. The highest BCUT2D eigenvalue weighted by Gasteiger charge is 2.33. The second-order valence-electron chi connectivity index (χ2n) is 5.16. The molecule has 0 bridgehead atoms. The van der Waals surface area contributed by atoms with Gasteiger partial charge in [-0.1, -0.05) is 26.0 Å². The number of para-hydroxylation sites is 1. The van der Waals surface area contributed by atoms with E-state index in [1.54, 1.807) is 12.1 Å². The first kappa shape index (κ1) is 13.4. The Morgan fingerprint density at radius 3 is 2.74 bits per heavy atom. The van der Waals surface area contributed by atoms with E-state index in [9.17, 15) is 9.59 Å². The van der Waals surface area contributed by atoms with Gasteiger partial charge in [0.05, 0.1) is 5.56 Å². The van der Waals surface area contributed by atoms with E-state index in [2.05, 4.69) is 5.32 Å². The van der Waals surface area contributed by atoms with E-state index in [0.717, 1.165) is 5.69 Å². The average molecular weight is 262 g/mol. The van der Waals surface area contributed by atoms with E-state index in [0.29, 0.717) is 17.9 Å². The molecule has 0 saturated heterocycles. The molecule has 0 saturated carbocycles. The number of anilines is 1. The second-order valence-corrected chi connectivity index (χ2v) is 5.16. The number of amides is 1. The number of nitrogens with one attached hydrogen (secondary N) is 1. The zero-order valence-corrected chi connectivity index (χ0v) is 11.1. The Balaban J connectivity index is 2.32. The molecule has 102 valence electrons. The molecule has 5 nitrogen and oxygen atoms in total. The van der Waals surface area contributed by atoms with Crippen LogP contribution >= 0.6 is 0 Å². The van der Waals surface area contributed by atoms with Crippen molar-refractivity contribution in [3.8, 4) is 0 Å². The molecule has 1 amide bonds. The Bertz CT molecular complexity index is 499. The van der Waals surface area contributed by atoms with Gasteiger partial charge in [0, 0.05) is 5.69 Å². The van der Waals surface area contributed by atoms with Gasteiger partial charge in [0.2, 0.25) is 0 Å². The third-order valence-electron chi connectivity index (χ3n) is 3.12. The van der Waals surface area contributed by atoms with Gasteiger partial charge in [0.25, 0.3) is 5.91 Å². The van der Waals surface area contributed by atoms with Crippen LogP contribution in [-0.4, -0.2) is 34.6 Å². The molecule has 19 heavy (non-hydrogen) atoms. The first-order valence-electron chi connectivity index (χ1n) is 6.37. The standard InChI is InChI=1S/C14H18N2O3/c1-9(2)7-12-15-11-6-4-3-5-10(11)14(19)16(12)8-13(17)18/h3-6,9,12,15H,7-8H2,1-2H3,(H,17,18). The lowest BCUT2D eigenvalue weighted by Gasteiger charge is -2.37. The van der Waals surface area contributed by atoms with Crippen LogP contribution in [0.4, 0.5) is 5.69 Å². The largest absolute Gasteiger partial charge is 0.480 e. The molecular formula is C14H18N2O3. The van der Waals surface area contributed by atoms with E-state index in [1.165, 1.54) is 4.90 Å². The molecular weight excluding hydrogens is 244 g/mol. The number of nitrogens with zero attached hydrogens (tertiary/aromatic N) is 1. The minimum absolute atomic E-state index is 0.220. The van der Waals surface area contributed by atoms with Crippen LogP contribution in [0.25, 0.3) is 0 Å². The molecule has 5 heteroatoms. The van der Waals surface area contributed by atoms with Gasteiger partial charge in [-0.25, -0.2) is 0 Å². The number of rotatable bonds is 4. The molecule has 0 radical (unpaired) electrons. The fraction of sp³-hybridized carbons (Fsp3) is 0.429. The number of aliphatic carboxylic acids is 1. The molecule has 0 fully saturated rings. The highest BCUT2D eigenvalue weighted by Crippen LogP contribution is 2.27. The molecule has 0 aromatic heterocycles. The quantitative estimate of drug-likeness (QED) is 0.871. The Morgan fingerprint density at radius 1 is 1.42 bits per heavy atom. The van der Waals surface area contributed by atoms with E-state index in [4.69, 9.17) is 5.11 Å². The maximum Gasteiger partial charge on any atom is 0.323 e. The molecule has 1 atom stereocenters. The van der Waals surface area contributed by atoms with Gasteiger partial charge in [-0.3, -0.25) is 9.59 Å². The Kier molecular flexibility index (Phi) is 3.74. The van der Waals surface area contributed by atoms with Gasteiger partial charge in [-0.15, -0.1) is 0 Å². The van der Waals surface area contributed by atoms with Gasteiger partial charge >= 0.3 is 5.97 Å². The summed E-state index contributed by atoms with van der Waals surface area (Å²) in [4.78, 5) is 24.7. The molecule has 2 rings (SSSR count). The molecule has 1 aliphatic rings. The summed E-state index contributed by atoms with van der Waals surface area (Å²) in [6, 6.07) is 7.20. The van der Waals surface area contributed by atoms with Crippen molar-refractivity contribution in [2.24, 2.45) is 5.92 Å². The summed E-state index contributed by atoms with van der Waals surface area (Å²) in [5.74, 6) is -0.849. The topological polar surface area (TPSA) is 69.6 Å². The zero-order valence-electron chi connectivity index (χ0n) is 11.1. The highest BCUT2D eigenvalue weighted by molar-refractivity contribution is 6.02. The summed E-state index contributed by atoms with van der Waals surface area (Å²) in [6.07, 6.45) is 0.450. The van der Waals surface area contributed by atoms with Crippen LogP contribution in [0.2, 0.25) is 0 Å². The van der Waals surface area contributed by atoms with Crippen LogP contribution in [0.15, 0.2) is 24.3 Å². The maximum atomic E-state index is 12.4. The lowest BCUT2D eigenvalue weighted by molar-refractivity contribution is -0.138. The van der Waals surface area contributed by atoms with Gasteiger partial charge in [-0.2, -0.15) is 0 Å².